The van der Waals surface area contributed by atoms with Gasteiger partial charge in [0.1, 0.15) is 4.88 Å². The van der Waals surface area contributed by atoms with Crippen LogP contribution in [-0.4, -0.2) is 16.9 Å². The zero-order chi connectivity index (χ0) is 16.6. The number of benzene rings is 1. The van der Waals surface area contributed by atoms with Gasteiger partial charge in [-0.3, -0.25) is 4.79 Å². The lowest BCUT2D eigenvalue weighted by Crippen LogP contribution is -2.39. The second-order valence-electron chi connectivity index (χ2n) is 5.59. The molecule has 0 spiro atoms. The van der Waals surface area contributed by atoms with E-state index in [-0.39, 0.29) is 15.9 Å². The highest BCUT2D eigenvalue weighted by Gasteiger charge is 2.39. The Hall–Kier alpha value is -1.89. The van der Waals surface area contributed by atoms with Crippen molar-refractivity contribution in [1.29, 1.82) is 0 Å². The molecule has 0 saturated carbocycles. The molecule has 0 bridgehead atoms. The molecule has 1 aromatic heterocycles. The van der Waals surface area contributed by atoms with Gasteiger partial charge in [-0.1, -0.05) is 24.3 Å². The third kappa shape index (κ3) is 3.39. The van der Waals surface area contributed by atoms with Crippen LogP contribution in [0.2, 0.25) is 0 Å². The van der Waals surface area contributed by atoms with Crippen LogP contribution in [0.3, 0.4) is 0 Å². The zero-order valence-electron chi connectivity index (χ0n) is 12.4. The molecule has 1 N–H and O–H groups in total. The maximum atomic E-state index is 13.0. The van der Waals surface area contributed by atoms with Crippen LogP contribution < -0.4 is 5.32 Å². The van der Waals surface area contributed by atoms with Crippen molar-refractivity contribution < 1.29 is 18.0 Å². The summed E-state index contributed by atoms with van der Waals surface area (Å²) in [4.78, 5) is 15.4. The van der Waals surface area contributed by atoms with Gasteiger partial charge in [-0.15, -0.1) is 11.3 Å². The average Bonchev–Trinajstić information content (AvgIpc) is 2.89. The van der Waals surface area contributed by atoms with Gasteiger partial charge >= 0.3 is 6.18 Å². The van der Waals surface area contributed by atoms with Crippen LogP contribution in [-0.2, 0) is 19.0 Å². The number of carbonyl (C=O) groups excluding carboxylic acids is 1. The second kappa shape index (κ2) is 5.96. The molecular weight excluding hydrogens is 325 g/mol. The number of rotatable bonds is 2. The Morgan fingerprint density at radius 2 is 2.00 bits per heavy atom. The molecule has 0 radical (unpaired) electrons. The first-order valence-electron chi connectivity index (χ1n) is 7.27. The minimum Gasteiger partial charge on any atom is -0.348 e. The smallest absolute Gasteiger partial charge is 0.348 e. The number of amides is 1. The summed E-state index contributed by atoms with van der Waals surface area (Å²) in [5.41, 5.74) is 1.29. The normalized spacial score (nSPS) is 17.7. The number of carbonyl (C=O) groups is 1. The van der Waals surface area contributed by atoms with Gasteiger partial charge in [-0.2, -0.15) is 13.2 Å². The highest BCUT2D eigenvalue weighted by molar-refractivity contribution is 7.13. The van der Waals surface area contributed by atoms with Gasteiger partial charge in [0.15, 0.2) is 5.69 Å². The van der Waals surface area contributed by atoms with E-state index in [4.69, 9.17) is 0 Å². The summed E-state index contributed by atoms with van der Waals surface area (Å²) >= 11 is 0.780. The van der Waals surface area contributed by atoms with Crippen molar-refractivity contribution in [2.45, 2.75) is 38.4 Å². The van der Waals surface area contributed by atoms with Crippen LogP contribution in [0.15, 0.2) is 24.3 Å². The number of nitrogens with zero attached hydrogens (tertiary/aromatic N) is 1. The van der Waals surface area contributed by atoms with Crippen molar-refractivity contribution in [2.75, 3.05) is 0 Å². The van der Waals surface area contributed by atoms with E-state index in [9.17, 15) is 18.0 Å². The number of nitrogens with one attached hydrogen (secondary N) is 1. The molecule has 1 heterocycles. The molecule has 0 saturated heterocycles. The van der Waals surface area contributed by atoms with Crippen LogP contribution in [0.1, 0.15) is 37.9 Å². The minimum absolute atomic E-state index is 0.152. The van der Waals surface area contributed by atoms with Gasteiger partial charge in [-0.05, 0) is 37.3 Å². The molecule has 3 nitrogen and oxygen atoms in total. The molecule has 1 aromatic carbocycles. The largest absolute Gasteiger partial charge is 0.435 e. The van der Waals surface area contributed by atoms with Crippen LogP contribution in [0.25, 0.3) is 0 Å². The van der Waals surface area contributed by atoms with Crippen LogP contribution in [0.4, 0.5) is 13.2 Å². The first-order valence-corrected chi connectivity index (χ1v) is 8.08. The van der Waals surface area contributed by atoms with E-state index in [2.05, 4.69) is 10.3 Å². The van der Waals surface area contributed by atoms with Crippen molar-refractivity contribution in [3.8, 4) is 0 Å². The number of thiazole rings is 1. The van der Waals surface area contributed by atoms with Gasteiger partial charge in [0.2, 0.25) is 0 Å². The first-order chi connectivity index (χ1) is 10.8. The summed E-state index contributed by atoms with van der Waals surface area (Å²) in [5, 5.41) is 2.97. The summed E-state index contributed by atoms with van der Waals surface area (Å²) in [6, 6.07) is 7.78. The number of aromatic nitrogens is 1. The summed E-state index contributed by atoms with van der Waals surface area (Å²) in [7, 11) is 0. The van der Waals surface area contributed by atoms with E-state index in [1.165, 1.54) is 12.5 Å². The lowest BCUT2D eigenvalue weighted by atomic mass is 9.88. The average molecular weight is 340 g/mol. The Bertz CT molecular complexity index is 739. The van der Waals surface area contributed by atoms with E-state index in [0.29, 0.717) is 6.42 Å². The second-order valence-corrected chi connectivity index (χ2v) is 6.79. The van der Waals surface area contributed by atoms with Gasteiger partial charge < -0.3 is 5.32 Å². The molecule has 1 aliphatic rings. The predicted octanol–water partition coefficient (Wildman–Crippen LogP) is 3.76. The minimum atomic E-state index is -4.61. The van der Waals surface area contributed by atoms with Crippen LogP contribution in [0, 0.1) is 6.92 Å². The fourth-order valence-electron chi connectivity index (χ4n) is 2.85. The van der Waals surface area contributed by atoms with Crippen molar-refractivity contribution in [3.63, 3.8) is 0 Å². The number of hydrogen-bond donors (Lipinski definition) is 1. The van der Waals surface area contributed by atoms with Crippen molar-refractivity contribution in [2.24, 2.45) is 0 Å². The summed E-state index contributed by atoms with van der Waals surface area (Å²) in [5.74, 6) is -0.688. The maximum absolute atomic E-state index is 13.0. The molecule has 122 valence electrons. The van der Waals surface area contributed by atoms with Gasteiger partial charge in [0.25, 0.3) is 5.91 Å². The zero-order valence-corrected chi connectivity index (χ0v) is 13.2. The molecule has 0 aliphatic heterocycles. The highest BCUT2D eigenvalue weighted by atomic mass is 32.1. The Kier molecular flexibility index (Phi) is 4.14. The van der Waals surface area contributed by atoms with Crippen LogP contribution >= 0.6 is 11.3 Å². The number of alkyl halides is 3. The summed E-state index contributed by atoms with van der Waals surface area (Å²) < 4.78 is 38.9. The summed E-state index contributed by atoms with van der Waals surface area (Å²) in [6.45, 7) is 1.47. The molecule has 1 aliphatic carbocycles. The highest BCUT2D eigenvalue weighted by Crippen LogP contribution is 2.34. The number of fused-ring (bicyclic) bond motifs is 1. The summed E-state index contributed by atoms with van der Waals surface area (Å²) in [6.07, 6.45) is -2.44. The topological polar surface area (TPSA) is 42.0 Å². The Morgan fingerprint density at radius 3 is 2.70 bits per heavy atom. The third-order valence-corrected chi connectivity index (χ3v) is 4.86. The lowest BCUT2D eigenvalue weighted by Gasteiger charge is -2.25. The first kappa shape index (κ1) is 16.0. The van der Waals surface area contributed by atoms with Gasteiger partial charge in [0.05, 0.1) is 5.01 Å². The third-order valence-electron chi connectivity index (χ3n) is 3.89. The van der Waals surface area contributed by atoms with Crippen molar-refractivity contribution in [1.82, 2.24) is 10.3 Å². The Morgan fingerprint density at radius 1 is 1.30 bits per heavy atom. The fourth-order valence-corrected chi connectivity index (χ4v) is 3.69. The lowest BCUT2D eigenvalue weighted by molar-refractivity contribution is -0.141. The van der Waals surface area contributed by atoms with Gasteiger partial charge in [-0.25, -0.2) is 4.98 Å². The Balaban J connectivity index is 1.76. The van der Waals surface area contributed by atoms with E-state index in [1.54, 1.807) is 0 Å². The molecule has 3 rings (SSSR count). The molecular formula is C16H15F3N2OS. The molecule has 1 amide bonds. The van der Waals surface area contributed by atoms with E-state index >= 15 is 0 Å². The van der Waals surface area contributed by atoms with Crippen molar-refractivity contribution >= 4 is 17.2 Å². The van der Waals surface area contributed by atoms with Crippen LogP contribution in [0.5, 0.6) is 0 Å². The standard InChI is InChI=1S/C16H15F3N2OS/c1-9-20-14(16(17,18)19)13(23-9)15(22)21-12-7-6-10-4-2-3-5-11(10)8-12/h2-5,12H,6-8H2,1H3,(H,21,22)/t12-/m1/s1. The molecule has 0 fully saturated rings. The molecule has 2 aromatic rings. The quantitative estimate of drug-likeness (QED) is 0.904. The monoisotopic (exact) mass is 340 g/mol. The van der Waals surface area contributed by atoms with E-state index in [0.717, 1.165) is 29.7 Å². The predicted molar refractivity (Wildman–Crippen MR) is 81.6 cm³/mol. The molecule has 7 heteroatoms. The maximum Gasteiger partial charge on any atom is 0.435 e. The Labute approximate surface area is 135 Å². The molecule has 1 atom stereocenters. The van der Waals surface area contributed by atoms with E-state index in [1.807, 2.05) is 24.3 Å². The SMILES string of the molecule is Cc1nc(C(F)(F)F)c(C(=O)N[C@@H]2CCc3ccccc3C2)s1. The molecule has 0 unspecified atom stereocenters. The number of halogens is 3. The van der Waals surface area contributed by atoms with Crippen molar-refractivity contribution in [3.05, 3.63) is 51.0 Å². The fraction of sp³-hybridized carbons (Fsp3) is 0.375. The number of aryl methyl sites for hydroxylation is 2. The number of hydrogen-bond acceptors (Lipinski definition) is 3. The van der Waals surface area contributed by atoms with E-state index < -0.39 is 17.8 Å². The molecule has 23 heavy (non-hydrogen) atoms. The van der Waals surface area contributed by atoms with Gasteiger partial charge in [0, 0.05) is 6.04 Å².